The van der Waals surface area contributed by atoms with Gasteiger partial charge in [0.25, 0.3) is 0 Å². The maximum Gasteiger partial charge on any atom is 0.113 e. The summed E-state index contributed by atoms with van der Waals surface area (Å²) in [5, 5.41) is 17.2. The highest BCUT2D eigenvalue weighted by atomic mass is 15.4. The second kappa shape index (κ2) is 4.70. The molecule has 0 saturated carbocycles. The molecule has 2 aromatic heterocycles. The molecule has 5 heteroatoms. The number of rotatable bonds is 2. The van der Waals surface area contributed by atoms with Crippen LogP contribution in [-0.4, -0.2) is 20.0 Å². The van der Waals surface area contributed by atoms with Crippen molar-refractivity contribution in [3.8, 4) is 6.07 Å². The van der Waals surface area contributed by atoms with E-state index in [0.717, 1.165) is 16.6 Å². The fourth-order valence-electron chi connectivity index (χ4n) is 1.90. The molecule has 0 aliphatic carbocycles. The lowest BCUT2D eigenvalue weighted by Gasteiger charge is -2.06. The maximum absolute atomic E-state index is 8.97. The molecule has 0 fully saturated rings. The summed E-state index contributed by atoms with van der Waals surface area (Å²) in [4.78, 5) is 3.98. The van der Waals surface area contributed by atoms with Crippen molar-refractivity contribution in [2.75, 3.05) is 0 Å². The number of nitriles is 1. The van der Waals surface area contributed by atoms with Gasteiger partial charge in [-0.05, 0) is 24.3 Å². The van der Waals surface area contributed by atoms with Crippen molar-refractivity contribution in [1.82, 2.24) is 20.0 Å². The quantitative estimate of drug-likeness (QED) is 0.651. The van der Waals surface area contributed by atoms with E-state index in [1.807, 2.05) is 42.5 Å². The van der Waals surface area contributed by atoms with Gasteiger partial charge in [-0.2, -0.15) is 5.26 Å². The first-order valence-corrected chi connectivity index (χ1v) is 5.71. The first-order valence-electron chi connectivity index (χ1n) is 5.71. The number of fused-ring (bicyclic) bond motifs is 1. The summed E-state index contributed by atoms with van der Waals surface area (Å²) < 4.78 is 1.66. The first-order chi connectivity index (χ1) is 9.40. The van der Waals surface area contributed by atoms with E-state index in [9.17, 15) is 0 Å². The zero-order valence-corrected chi connectivity index (χ0v) is 9.93. The van der Waals surface area contributed by atoms with Crippen molar-refractivity contribution in [3.05, 3.63) is 60.4 Å². The van der Waals surface area contributed by atoms with Gasteiger partial charge in [-0.25, -0.2) is 4.68 Å². The average Bonchev–Trinajstić information content (AvgIpc) is 2.89. The lowest BCUT2D eigenvalue weighted by Crippen LogP contribution is -2.01. The number of para-hydroxylation sites is 1. The van der Waals surface area contributed by atoms with Crippen LogP contribution in [0.3, 0.4) is 0 Å². The molecule has 0 N–H and O–H groups in total. The van der Waals surface area contributed by atoms with Gasteiger partial charge in [0.2, 0.25) is 0 Å². The van der Waals surface area contributed by atoms with Gasteiger partial charge >= 0.3 is 0 Å². The van der Waals surface area contributed by atoms with Crippen LogP contribution in [0.5, 0.6) is 0 Å². The predicted molar refractivity (Wildman–Crippen MR) is 70.8 cm³/mol. The average molecular weight is 247 g/mol. The van der Waals surface area contributed by atoms with Gasteiger partial charge in [-0.1, -0.05) is 17.3 Å². The largest absolute Gasteiger partial charge is 0.265 e. The SMILES string of the molecule is N#C/C=C(\c1ccncc1)n1nnc2ccccc21. The smallest absolute Gasteiger partial charge is 0.113 e. The molecule has 0 bridgehead atoms. The van der Waals surface area contributed by atoms with Crippen LogP contribution in [0.1, 0.15) is 5.56 Å². The van der Waals surface area contributed by atoms with Gasteiger partial charge in [0.15, 0.2) is 0 Å². The Morgan fingerprint density at radius 2 is 1.95 bits per heavy atom. The van der Waals surface area contributed by atoms with E-state index in [0.29, 0.717) is 5.70 Å². The van der Waals surface area contributed by atoms with E-state index in [1.165, 1.54) is 6.08 Å². The molecule has 0 aliphatic rings. The third-order valence-corrected chi connectivity index (χ3v) is 2.76. The summed E-state index contributed by atoms with van der Waals surface area (Å²) in [5.41, 5.74) is 3.20. The number of benzene rings is 1. The fourth-order valence-corrected chi connectivity index (χ4v) is 1.90. The molecule has 2 heterocycles. The molecule has 0 saturated heterocycles. The second-order valence-electron chi connectivity index (χ2n) is 3.88. The predicted octanol–water partition coefficient (Wildman–Crippen LogP) is 2.24. The zero-order valence-electron chi connectivity index (χ0n) is 9.93. The monoisotopic (exact) mass is 247 g/mol. The van der Waals surface area contributed by atoms with E-state index in [2.05, 4.69) is 15.3 Å². The van der Waals surface area contributed by atoms with Crippen LogP contribution in [0, 0.1) is 11.3 Å². The molecule has 19 heavy (non-hydrogen) atoms. The molecule has 3 rings (SSSR count). The Balaban J connectivity index is 2.23. The van der Waals surface area contributed by atoms with Gasteiger partial charge < -0.3 is 0 Å². The van der Waals surface area contributed by atoms with Crippen LogP contribution in [0.15, 0.2) is 54.9 Å². The molecule has 1 aromatic carbocycles. The number of hydrogen-bond acceptors (Lipinski definition) is 4. The maximum atomic E-state index is 8.97. The summed E-state index contributed by atoms with van der Waals surface area (Å²) >= 11 is 0. The highest BCUT2D eigenvalue weighted by Gasteiger charge is 2.10. The Morgan fingerprint density at radius 1 is 1.16 bits per heavy atom. The summed E-state index contributed by atoms with van der Waals surface area (Å²) in [6, 6.07) is 13.3. The molecule has 0 atom stereocenters. The molecule has 0 spiro atoms. The van der Waals surface area contributed by atoms with Gasteiger partial charge in [0.05, 0.1) is 17.3 Å². The summed E-state index contributed by atoms with van der Waals surface area (Å²) in [7, 11) is 0. The zero-order chi connectivity index (χ0) is 13.1. The van der Waals surface area contributed by atoms with E-state index in [-0.39, 0.29) is 0 Å². The van der Waals surface area contributed by atoms with Crippen molar-refractivity contribution >= 4 is 16.7 Å². The fraction of sp³-hybridized carbons (Fsp3) is 0. The standard InChI is InChI=1S/C14H9N5/c15-8-5-13(11-6-9-16-10-7-11)19-14-4-2-1-3-12(14)17-18-19/h1-7,9-10H/b13-5+. The lowest BCUT2D eigenvalue weighted by atomic mass is 10.2. The van der Waals surface area contributed by atoms with Crippen molar-refractivity contribution in [2.45, 2.75) is 0 Å². The normalized spacial score (nSPS) is 11.4. The van der Waals surface area contributed by atoms with Crippen molar-refractivity contribution < 1.29 is 0 Å². The Bertz CT molecular complexity index is 780. The molecule has 0 aliphatic heterocycles. The number of nitrogens with zero attached hydrogens (tertiary/aromatic N) is 5. The summed E-state index contributed by atoms with van der Waals surface area (Å²) in [6.45, 7) is 0. The van der Waals surface area contributed by atoms with Crippen molar-refractivity contribution in [1.29, 1.82) is 5.26 Å². The minimum Gasteiger partial charge on any atom is -0.265 e. The minimum atomic E-state index is 0.679. The number of pyridine rings is 1. The van der Waals surface area contributed by atoms with Gasteiger partial charge in [0.1, 0.15) is 5.52 Å². The molecule has 0 unspecified atom stereocenters. The van der Waals surface area contributed by atoms with Crippen LogP contribution in [0.4, 0.5) is 0 Å². The number of hydrogen-bond donors (Lipinski definition) is 0. The minimum absolute atomic E-state index is 0.679. The van der Waals surface area contributed by atoms with Crippen molar-refractivity contribution in [3.63, 3.8) is 0 Å². The van der Waals surface area contributed by atoms with Crippen molar-refractivity contribution in [2.24, 2.45) is 0 Å². The Kier molecular flexibility index (Phi) is 2.75. The van der Waals surface area contributed by atoms with E-state index < -0.39 is 0 Å². The molecule has 5 nitrogen and oxygen atoms in total. The number of aromatic nitrogens is 4. The van der Waals surface area contributed by atoms with E-state index in [4.69, 9.17) is 5.26 Å². The van der Waals surface area contributed by atoms with Crippen LogP contribution < -0.4 is 0 Å². The van der Waals surface area contributed by atoms with Gasteiger partial charge in [0, 0.05) is 24.0 Å². The highest BCUT2D eigenvalue weighted by Crippen LogP contribution is 2.20. The highest BCUT2D eigenvalue weighted by molar-refractivity contribution is 5.81. The van der Waals surface area contributed by atoms with Gasteiger partial charge in [-0.3, -0.25) is 4.98 Å². The molecular formula is C14H9N5. The molecule has 0 radical (unpaired) electrons. The Labute approximate surface area is 109 Å². The number of allylic oxidation sites excluding steroid dienone is 1. The van der Waals surface area contributed by atoms with Crippen LogP contribution >= 0.6 is 0 Å². The summed E-state index contributed by atoms with van der Waals surface area (Å²) in [6.07, 6.45) is 4.82. The van der Waals surface area contributed by atoms with E-state index >= 15 is 0 Å². The van der Waals surface area contributed by atoms with Crippen LogP contribution in [-0.2, 0) is 0 Å². The van der Waals surface area contributed by atoms with E-state index in [1.54, 1.807) is 17.1 Å². The first kappa shape index (κ1) is 11.1. The molecule has 90 valence electrons. The van der Waals surface area contributed by atoms with Crippen LogP contribution in [0.2, 0.25) is 0 Å². The van der Waals surface area contributed by atoms with Crippen LogP contribution in [0.25, 0.3) is 16.7 Å². The summed E-state index contributed by atoms with van der Waals surface area (Å²) in [5.74, 6) is 0. The third-order valence-electron chi connectivity index (χ3n) is 2.76. The molecular weight excluding hydrogens is 238 g/mol. The lowest BCUT2D eigenvalue weighted by molar-refractivity contribution is 0.841. The molecule has 0 amide bonds. The van der Waals surface area contributed by atoms with Gasteiger partial charge in [-0.15, -0.1) is 5.10 Å². The second-order valence-corrected chi connectivity index (χ2v) is 3.88. The Hall–Kier alpha value is -3.00. The molecule has 3 aromatic rings. The topological polar surface area (TPSA) is 67.4 Å². The third kappa shape index (κ3) is 1.96. The Morgan fingerprint density at radius 3 is 2.74 bits per heavy atom.